The lowest BCUT2D eigenvalue weighted by Crippen LogP contribution is -2.46. The second-order valence-corrected chi connectivity index (χ2v) is 9.80. The summed E-state index contributed by atoms with van der Waals surface area (Å²) >= 11 is 1.30. The fourth-order valence-corrected chi connectivity index (χ4v) is 3.18. The molecule has 3 N–H and O–H groups in total. The average molecular weight is 390 g/mol. The summed E-state index contributed by atoms with van der Waals surface area (Å²) in [6.07, 6.45) is 0.859. The number of rotatable bonds is 6. The van der Waals surface area contributed by atoms with Gasteiger partial charge in [-0.05, 0) is 38.2 Å². The van der Waals surface area contributed by atoms with E-state index in [9.17, 15) is 4.79 Å². The van der Waals surface area contributed by atoms with Crippen molar-refractivity contribution in [1.82, 2.24) is 20.2 Å². The second kappa shape index (κ2) is 7.92. The molecule has 0 spiro atoms. The Balaban J connectivity index is 2.14. The zero-order valence-corrected chi connectivity index (χ0v) is 18.1. The van der Waals surface area contributed by atoms with Gasteiger partial charge in [0.05, 0.1) is 5.25 Å². The smallest absolute Gasteiger partial charge is 0.233 e. The lowest BCUT2D eigenvalue weighted by atomic mass is 9.87. The van der Waals surface area contributed by atoms with Crippen molar-refractivity contribution in [2.75, 3.05) is 5.84 Å². The number of carbonyl (C=O) groups excluding carboxylic acids is 1. The van der Waals surface area contributed by atoms with Crippen molar-refractivity contribution < 1.29 is 4.79 Å². The molecule has 0 bridgehead atoms. The summed E-state index contributed by atoms with van der Waals surface area (Å²) in [7, 11) is 0. The number of nitrogens with two attached hydrogens (primary N) is 1. The minimum Gasteiger partial charge on any atom is -0.350 e. The van der Waals surface area contributed by atoms with Crippen LogP contribution in [-0.2, 0) is 10.2 Å². The molecule has 6 nitrogen and oxygen atoms in total. The Kier molecular flexibility index (Phi) is 6.24. The molecule has 27 heavy (non-hydrogen) atoms. The van der Waals surface area contributed by atoms with Crippen LogP contribution in [0.25, 0.3) is 11.4 Å². The van der Waals surface area contributed by atoms with E-state index in [0.29, 0.717) is 11.0 Å². The summed E-state index contributed by atoms with van der Waals surface area (Å²) < 4.78 is 1.45. The van der Waals surface area contributed by atoms with Gasteiger partial charge in [0.1, 0.15) is 0 Å². The zero-order valence-electron chi connectivity index (χ0n) is 17.3. The largest absolute Gasteiger partial charge is 0.350 e. The van der Waals surface area contributed by atoms with E-state index in [4.69, 9.17) is 5.84 Å². The standard InChI is InChI=1S/C20H31N5OS/c1-8-20(6,7)22-17(26)13(2)27-18-24-23-16(25(18)21)14-9-11-15(12-10-14)19(3,4)5/h9-13H,8,21H2,1-7H3,(H,22,26). The maximum Gasteiger partial charge on any atom is 0.233 e. The highest BCUT2D eigenvalue weighted by molar-refractivity contribution is 8.00. The van der Waals surface area contributed by atoms with Gasteiger partial charge in [-0.3, -0.25) is 4.79 Å². The van der Waals surface area contributed by atoms with Crippen LogP contribution in [0.5, 0.6) is 0 Å². The van der Waals surface area contributed by atoms with Crippen LogP contribution in [0.4, 0.5) is 0 Å². The summed E-state index contributed by atoms with van der Waals surface area (Å²) in [4.78, 5) is 12.4. The monoisotopic (exact) mass is 389 g/mol. The Morgan fingerprint density at radius 1 is 1.19 bits per heavy atom. The summed E-state index contributed by atoms with van der Waals surface area (Å²) in [5, 5.41) is 11.6. The number of hydrogen-bond acceptors (Lipinski definition) is 5. The third-order valence-electron chi connectivity index (χ3n) is 4.67. The predicted molar refractivity (Wildman–Crippen MR) is 112 cm³/mol. The molecule has 0 saturated heterocycles. The van der Waals surface area contributed by atoms with Crippen molar-refractivity contribution in [2.24, 2.45) is 0 Å². The summed E-state index contributed by atoms with van der Waals surface area (Å²) in [6.45, 7) is 14.4. The predicted octanol–water partition coefficient (Wildman–Crippen LogP) is 3.74. The van der Waals surface area contributed by atoms with Crippen LogP contribution in [0, 0.1) is 0 Å². The molecule has 0 aliphatic rings. The first-order valence-corrected chi connectivity index (χ1v) is 10.1. The maximum absolute atomic E-state index is 12.4. The molecule has 1 aromatic heterocycles. The van der Waals surface area contributed by atoms with Crippen LogP contribution in [0.1, 0.15) is 60.5 Å². The highest BCUT2D eigenvalue weighted by atomic mass is 32.2. The van der Waals surface area contributed by atoms with Gasteiger partial charge in [-0.1, -0.05) is 63.7 Å². The molecule has 0 radical (unpaired) electrons. The van der Waals surface area contributed by atoms with Gasteiger partial charge in [0, 0.05) is 11.1 Å². The van der Waals surface area contributed by atoms with E-state index in [-0.39, 0.29) is 22.1 Å². The third-order valence-corrected chi connectivity index (χ3v) is 5.73. The topological polar surface area (TPSA) is 85.8 Å². The number of amides is 1. The van der Waals surface area contributed by atoms with E-state index >= 15 is 0 Å². The SMILES string of the molecule is CCC(C)(C)NC(=O)C(C)Sc1nnc(-c2ccc(C(C)(C)C)cc2)n1N. The Hall–Kier alpha value is -2.02. The van der Waals surface area contributed by atoms with E-state index in [2.05, 4.69) is 48.4 Å². The third kappa shape index (κ3) is 5.25. The van der Waals surface area contributed by atoms with Crippen molar-refractivity contribution in [3.05, 3.63) is 29.8 Å². The van der Waals surface area contributed by atoms with Crippen LogP contribution in [0.3, 0.4) is 0 Å². The molecule has 1 atom stereocenters. The summed E-state index contributed by atoms with van der Waals surface area (Å²) in [5.41, 5.74) is 1.99. The van der Waals surface area contributed by atoms with E-state index in [0.717, 1.165) is 12.0 Å². The number of nitrogen functional groups attached to an aromatic ring is 1. The van der Waals surface area contributed by atoms with Gasteiger partial charge in [0.15, 0.2) is 5.82 Å². The van der Waals surface area contributed by atoms with Crippen LogP contribution in [0.2, 0.25) is 0 Å². The van der Waals surface area contributed by atoms with Crippen molar-refractivity contribution >= 4 is 17.7 Å². The minimum atomic E-state index is -0.321. The first-order chi connectivity index (χ1) is 12.4. The lowest BCUT2D eigenvalue weighted by Gasteiger charge is -2.26. The van der Waals surface area contributed by atoms with E-state index in [1.54, 1.807) is 0 Å². The number of nitrogens with one attached hydrogen (secondary N) is 1. The van der Waals surface area contributed by atoms with Gasteiger partial charge in [-0.15, -0.1) is 10.2 Å². The van der Waals surface area contributed by atoms with Gasteiger partial charge in [0.25, 0.3) is 0 Å². The number of thioether (sulfide) groups is 1. The Bertz CT molecular complexity index is 790. The van der Waals surface area contributed by atoms with Gasteiger partial charge < -0.3 is 11.2 Å². The minimum absolute atomic E-state index is 0.0362. The van der Waals surface area contributed by atoms with Gasteiger partial charge in [-0.2, -0.15) is 0 Å². The van der Waals surface area contributed by atoms with Crippen LogP contribution >= 0.6 is 11.8 Å². The molecule has 1 amide bonds. The molecule has 0 aliphatic heterocycles. The molecule has 1 unspecified atom stereocenters. The first-order valence-electron chi connectivity index (χ1n) is 9.24. The molecule has 1 aromatic carbocycles. The molecule has 0 fully saturated rings. The van der Waals surface area contributed by atoms with Crippen molar-refractivity contribution in [2.45, 2.75) is 76.2 Å². The molecular formula is C20H31N5OS. The number of hydrogen-bond donors (Lipinski definition) is 2. The Labute approximate surface area is 166 Å². The lowest BCUT2D eigenvalue weighted by molar-refractivity contribution is -0.121. The number of carbonyl (C=O) groups is 1. The molecule has 1 heterocycles. The van der Waals surface area contributed by atoms with E-state index < -0.39 is 0 Å². The van der Waals surface area contributed by atoms with Gasteiger partial charge in [0.2, 0.25) is 11.1 Å². The first kappa shape index (κ1) is 21.3. The fraction of sp³-hybridized carbons (Fsp3) is 0.550. The molecular weight excluding hydrogens is 358 g/mol. The highest BCUT2D eigenvalue weighted by Gasteiger charge is 2.24. The summed E-state index contributed by atoms with van der Waals surface area (Å²) in [6, 6.07) is 8.17. The normalized spacial score (nSPS) is 13.4. The number of aromatic nitrogens is 3. The van der Waals surface area contributed by atoms with Crippen LogP contribution in [0.15, 0.2) is 29.4 Å². The fourth-order valence-electron chi connectivity index (χ4n) is 2.41. The van der Waals surface area contributed by atoms with Crippen LogP contribution in [-0.4, -0.2) is 31.6 Å². The van der Waals surface area contributed by atoms with Crippen molar-refractivity contribution in [3.8, 4) is 11.4 Å². The Morgan fingerprint density at radius 3 is 2.30 bits per heavy atom. The van der Waals surface area contributed by atoms with Crippen LogP contribution < -0.4 is 11.2 Å². The summed E-state index contributed by atoms with van der Waals surface area (Å²) in [5.74, 6) is 6.75. The van der Waals surface area contributed by atoms with Crippen molar-refractivity contribution in [3.63, 3.8) is 0 Å². The number of benzene rings is 1. The van der Waals surface area contributed by atoms with Gasteiger partial charge >= 0.3 is 0 Å². The molecule has 0 saturated carbocycles. The van der Waals surface area contributed by atoms with E-state index in [1.165, 1.54) is 22.0 Å². The molecule has 2 aromatic rings. The maximum atomic E-state index is 12.4. The second-order valence-electron chi connectivity index (χ2n) is 8.49. The van der Waals surface area contributed by atoms with E-state index in [1.807, 2.05) is 39.8 Å². The average Bonchev–Trinajstić information content (AvgIpc) is 2.94. The molecule has 7 heteroatoms. The molecule has 2 rings (SSSR count). The van der Waals surface area contributed by atoms with Crippen molar-refractivity contribution in [1.29, 1.82) is 0 Å². The molecule has 0 aliphatic carbocycles. The highest BCUT2D eigenvalue weighted by Crippen LogP contribution is 2.28. The zero-order chi connectivity index (χ0) is 20.4. The Morgan fingerprint density at radius 2 is 1.78 bits per heavy atom. The number of nitrogens with zero attached hydrogens (tertiary/aromatic N) is 3. The van der Waals surface area contributed by atoms with Gasteiger partial charge in [-0.25, -0.2) is 4.68 Å². The molecule has 148 valence electrons. The quantitative estimate of drug-likeness (QED) is 0.580.